The van der Waals surface area contributed by atoms with Gasteiger partial charge in [0, 0.05) is 35.5 Å². The number of amides is 1. The zero-order chi connectivity index (χ0) is 18.7. The number of H-pyrrole nitrogens is 1. The molecular formula is C22H25FN2O. The molecule has 3 nitrogen and oxygen atoms in total. The van der Waals surface area contributed by atoms with Gasteiger partial charge in [0.2, 0.25) is 5.91 Å². The number of fused-ring (bicyclic) bond motifs is 1. The van der Waals surface area contributed by atoms with Crippen molar-refractivity contribution in [3.63, 3.8) is 0 Å². The third-order valence-electron chi connectivity index (χ3n) is 5.03. The van der Waals surface area contributed by atoms with Gasteiger partial charge in [-0.15, -0.1) is 0 Å². The molecule has 0 radical (unpaired) electrons. The number of carbonyl (C=O) groups excluding carboxylic acids is 1. The van der Waals surface area contributed by atoms with Crippen molar-refractivity contribution < 1.29 is 9.18 Å². The number of aromatic nitrogens is 1. The second-order valence-electron chi connectivity index (χ2n) is 7.20. The van der Waals surface area contributed by atoms with Gasteiger partial charge in [-0.3, -0.25) is 4.79 Å². The van der Waals surface area contributed by atoms with Crippen molar-refractivity contribution in [3.8, 4) is 0 Å². The van der Waals surface area contributed by atoms with Gasteiger partial charge in [0.25, 0.3) is 0 Å². The summed E-state index contributed by atoms with van der Waals surface area (Å²) in [5, 5.41) is 4.12. The molecule has 2 aromatic carbocycles. The second kappa shape index (κ2) is 7.73. The lowest BCUT2D eigenvalue weighted by molar-refractivity contribution is -0.122. The Balaban J connectivity index is 1.96. The first-order chi connectivity index (χ1) is 12.5. The van der Waals surface area contributed by atoms with E-state index in [1.807, 2.05) is 43.5 Å². The average molecular weight is 352 g/mol. The lowest BCUT2D eigenvalue weighted by atomic mass is 9.87. The lowest BCUT2D eigenvalue weighted by Gasteiger charge is -2.21. The Morgan fingerprint density at radius 3 is 2.62 bits per heavy atom. The number of halogens is 1. The van der Waals surface area contributed by atoms with Gasteiger partial charge in [-0.25, -0.2) is 4.39 Å². The SMILES string of the molecule is CC(C)[C@H](C)NC(=O)C[C@@H](c1cccc(F)c1)c1c[nH]c2ccccc12. The van der Waals surface area contributed by atoms with Crippen molar-refractivity contribution in [1.82, 2.24) is 10.3 Å². The molecule has 0 fully saturated rings. The highest BCUT2D eigenvalue weighted by molar-refractivity contribution is 5.86. The van der Waals surface area contributed by atoms with E-state index in [2.05, 4.69) is 24.1 Å². The maximum atomic E-state index is 13.8. The van der Waals surface area contributed by atoms with Crippen LogP contribution in [0.15, 0.2) is 54.7 Å². The number of hydrogen-bond acceptors (Lipinski definition) is 1. The fraction of sp³-hybridized carbons (Fsp3) is 0.318. The molecule has 0 bridgehead atoms. The van der Waals surface area contributed by atoms with Gasteiger partial charge < -0.3 is 10.3 Å². The predicted octanol–water partition coefficient (Wildman–Crippen LogP) is 4.99. The highest BCUT2D eigenvalue weighted by Gasteiger charge is 2.23. The maximum absolute atomic E-state index is 13.8. The van der Waals surface area contributed by atoms with Crippen LogP contribution >= 0.6 is 0 Å². The van der Waals surface area contributed by atoms with Crippen LogP contribution in [0.3, 0.4) is 0 Å². The molecule has 0 saturated carbocycles. The van der Waals surface area contributed by atoms with Crippen LogP contribution in [0.4, 0.5) is 4.39 Å². The Labute approximate surface area is 153 Å². The van der Waals surface area contributed by atoms with Gasteiger partial charge in [-0.1, -0.05) is 44.2 Å². The van der Waals surface area contributed by atoms with Crippen LogP contribution in [0.1, 0.15) is 44.2 Å². The van der Waals surface area contributed by atoms with Crippen LogP contribution in [0.5, 0.6) is 0 Å². The normalized spacial score (nSPS) is 13.7. The number of benzene rings is 2. The van der Waals surface area contributed by atoms with Gasteiger partial charge in [-0.2, -0.15) is 0 Å². The Kier molecular flexibility index (Phi) is 5.40. The molecule has 26 heavy (non-hydrogen) atoms. The molecule has 1 amide bonds. The first-order valence-corrected chi connectivity index (χ1v) is 9.06. The minimum Gasteiger partial charge on any atom is -0.361 e. The molecule has 2 N–H and O–H groups in total. The Morgan fingerprint density at radius 1 is 1.12 bits per heavy atom. The molecule has 3 aromatic rings. The minimum absolute atomic E-state index is 0.0225. The first-order valence-electron chi connectivity index (χ1n) is 9.06. The molecule has 0 aliphatic carbocycles. The van der Waals surface area contributed by atoms with Crippen LogP contribution < -0.4 is 5.32 Å². The summed E-state index contributed by atoms with van der Waals surface area (Å²) in [6, 6.07) is 14.6. The summed E-state index contributed by atoms with van der Waals surface area (Å²) in [5.74, 6) is -0.157. The fourth-order valence-electron chi connectivity index (χ4n) is 3.18. The van der Waals surface area contributed by atoms with Crippen molar-refractivity contribution in [1.29, 1.82) is 0 Å². The summed E-state index contributed by atoms with van der Waals surface area (Å²) >= 11 is 0. The molecule has 1 aromatic heterocycles. The van der Waals surface area contributed by atoms with E-state index >= 15 is 0 Å². The van der Waals surface area contributed by atoms with E-state index in [9.17, 15) is 9.18 Å². The summed E-state index contributed by atoms with van der Waals surface area (Å²) in [7, 11) is 0. The lowest BCUT2D eigenvalue weighted by Crippen LogP contribution is -2.36. The van der Waals surface area contributed by atoms with E-state index in [1.54, 1.807) is 6.07 Å². The Hall–Kier alpha value is -2.62. The number of nitrogens with one attached hydrogen (secondary N) is 2. The zero-order valence-electron chi connectivity index (χ0n) is 15.4. The van der Waals surface area contributed by atoms with Crippen molar-refractivity contribution in [2.45, 2.75) is 39.2 Å². The van der Waals surface area contributed by atoms with E-state index in [4.69, 9.17) is 0 Å². The average Bonchev–Trinajstić information content (AvgIpc) is 3.03. The third kappa shape index (κ3) is 3.96. The van der Waals surface area contributed by atoms with Crippen LogP contribution in [0, 0.1) is 11.7 Å². The third-order valence-corrected chi connectivity index (χ3v) is 5.03. The summed E-state index contributed by atoms with van der Waals surface area (Å²) in [6.45, 7) is 6.16. The molecule has 0 aliphatic rings. The van der Waals surface area contributed by atoms with Gasteiger partial charge in [-0.05, 0) is 42.2 Å². The number of aromatic amines is 1. The van der Waals surface area contributed by atoms with E-state index in [0.717, 1.165) is 22.0 Å². The Morgan fingerprint density at radius 2 is 1.88 bits per heavy atom. The number of carbonyl (C=O) groups is 1. The van der Waals surface area contributed by atoms with Crippen molar-refractivity contribution in [2.24, 2.45) is 5.92 Å². The quantitative estimate of drug-likeness (QED) is 0.645. The summed E-state index contributed by atoms with van der Waals surface area (Å²) in [4.78, 5) is 15.9. The van der Waals surface area contributed by atoms with Gasteiger partial charge in [0.1, 0.15) is 5.82 Å². The van der Waals surface area contributed by atoms with E-state index < -0.39 is 0 Å². The van der Waals surface area contributed by atoms with Crippen LogP contribution in [-0.2, 0) is 4.79 Å². The second-order valence-corrected chi connectivity index (χ2v) is 7.20. The van der Waals surface area contributed by atoms with E-state index in [-0.39, 0.29) is 30.1 Å². The molecule has 0 saturated heterocycles. The molecule has 1 heterocycles. The molecule has 136 valence electrons. The molecule has 0 aliphatic heterocycles. The zero-order valence-corrected chi connectivity index (χ0v) is 15.4. The summed E-state index contributed by atoms with van der Waals surface area (Å²) in [6.07, 6.45) is 2.21. The highest BCUT2D eigenvalue weighted by Crippen LogP contribution is 2.33. The maximum Gasteiger partial charge on any atom is 0.221 e. The topological polar surface area (TPSA) is 44.9 Å². The van der Waals surface area contributed by atoms with Crippen LogP contribution in [0.25, 0.3) is 10.9 Å². The van der Waals surface area contributed by atoms with Gasteiger partial charge in [0.05, 0.1) is 0 Å². The first kappa shape index (κ1) is 18.2. The molecule has 0 unspecified atom stereocenters. The molecule has 3 rings (SSSR count). The molecule has 0 spiro atoms. The van der Waals surface area contributed by atoms with E-state index in [0.29, 0.717) is 5.92 Å². The summed E-state index contributed by atoms with van der Waals surface area (Å²) in [5.41, 5.74) is 2.83. The largest absolute Gasteiger partial charge is 0.361 e. The molecular weight excluding hydrogens is 327 g/mol. The number of para-hydroxylation sites is 1. The fourth-order valence-corrected chi connectivity index (χ4v) is 3.18. The van der Waals surface area contributed by atoms with Crippen molar-refractivity contribution in [2.75, 3.05) is 0 Å². The van der Waals surface area contributed by atoms with Crippen LogP contribution in [-0.4, -0.2) is 16.9 Å². The van der Waals surface area contributed by atoms with E-state index in [1.165, 1.54) is 12.1 Å². The Bertz CT molecular complexity index is 900. The predicted molar refractivity (Wildman–Crippen MR) is 104 cm³/mol. The van der Waals surface area contributed by atoms with Gasteiger partial charge >= 0.3 is 0 Å². The van der Waals surface area contributed by atoms with Gasteiger partial charge in [0.15, 0.2) is 0 Å². The minimum atomic E-state index is -0.289. The highest BCUT2D eigenvalue weighted by atomic mass is 19.1. The van der Waals surface area contributed by atoms with Crippen LogP contribution in [0.2, 0.25) is 0 Å². The number of hydrogen-bond donors (Lipinski definition) is 2. The summed E-state index contributed by atoms with van der Waals surface area (Å²) < 4.78 is 13.8. The number of rotatable bonds is 6. The smallest absolute Gasteiger partial charge is 0.221 e. The van der Waals surface area contributed by atoms with Crippen molar-refractivity contribution in [3.05, 3.63) is 71.7 Å². The van der Waals surface area contributed by atoms with Crippen molar-refractivity contribution >= 4 is 16.8 Å². The molecule has 2 atom stereocenters. The molecule has 4 heteroatoms. The standard InChI is InChI=1S/C22H25FN2O/c1-14(2)15(3)25-22(26)12-19(16-7-6-8-17(23)11-16)20-13-24-21-10-5-4-9-18(20)21/h4-11,13-15,19,24H,12H2,1-3H3,(H,25,26)/t15-,19-/m0/s1. The monoisotopic (exact) mass is 352 g/mol.